The Kier molecular flexibility index (Phi) is 9.10. The summed E-state index contributed by atoms with van der Waals surface area (Å²) >= 11 is 12.7. The number of nitrogens with one attached hydrogen (secondary N) is 1. The van der Waals surface area contributed by atoms with Crippen LogP contribution in [0.15, 0.2) is 30.3 Å². The molecule has 0 bridgehead atoms. The molecule has 0 unspecified atom stereocenters. The van der Waals surface area contributed by atoms with Crippen molar-refractivity contribution >= 4 is 23.2 Å². The number of halogens is 3. The normalized spacial score (nSPS) is 15.5. The second-order valence-corrected chi connectivity index (χ2v) is 8.59. The summed E-state index contributed by atoms with van der Waals surface area (Å²) in [5.74, 6) is 0.828. The highest BCUT2D eigenvalue weighted by molar-refractivity contribution is 6.31. The first kappa shape index (κ1) is 23.2. The summed E-state index contributed by atoms with van der Waals surface area (Å²) in [6.45, 7) is 3.36. The Morgan fingerprint density at radius 3 is 2.27 bits per heavy atom. The minimum atomic E-state index is -0.372. The maximum absolute atomic E-state index is 13.3. The van der Waals surface area contributed by atoms with Gasteiger partial charge in [-0.05, 0) is 43.5 Å². The lowest BCUT2D eigenvalue weighted by Gasteiger charge is -2.22. The van der Waals surface area contributed by atoms with Gasteiger partial charge in [-0.25, -0.2) is 4.39 Å². The highest BCUT2D eigenvalue weighted by Gasteiger charge is 2.15. The van der Waals surface area contributed by atoms with E-state index in [9.17, 15) is 4.39 Å². The van der Waals surface area contributed by atoms with Crippen molar-refractivity contribution in [1.29, 1.82) is 0 Å². The average molecular weight is 454 g/mol. The van der Waals surface area contributed by atoms with Crippen molar-refractivity contribution in [3.8, 4) is 11.5 Å². The first-order valence-corrected chi connectivity index (χ1v) is 11.6. The minimum Gasteiger partial charge on any atom is -0.490 e. The molecule has 0 atom stereocenters. The molecule has 1 aliphatic carbocycles. The summed E-state index contributed by atoms with van der Waals surface area (Å²) in [5.41, 5.74) is 1.70. The van der Waals surface area contributed by atoms with Crippen molar-refractivity contribution in [2.45, 2.75) is 71.1 Å². The first-order valence-electron chi connectivity index (χ1n) is 10.8. The van der Waals surface area contributed by atoms with E-state index < -0.39 is 0 Å². The molecule has 164 valence electrons. The van der Waals surface area contributed by atoms with Gasteiger partial charge in [0.05, 0.1) is 11.6 Å². The van der Waals surface area contributed by atoms with Gasteiger partial charge < -0.3 is 14.8 Å². The smallest absolute Gasteiger partial charge is 0.163 e. The van der Waals surface area contributed by atoms with Crippen LogP contribution in [0.25, 0.3) is 0 Å². The van der Waals surface area contributed by atoms with Crippen LogP contribution in [0, 0.1) is 5.82 Å². The SMILES string of the molecule is CCOc1cc(CNC2CCCCCCC2)c(Cl)cc1OCc1ccc(F)cc1Cl. The van der Waals surface area contributed by atoms with Gasteiger partial charge in [-0.3, -0.25) is 0 Å². The fourth-order valence-electron chi connectivity index (χ4n) is 3.80. The zero-order chi connectivity index (χ0) is 21.3. The molecule has 2 aromatic rings. The zero-order valence-corrected chi connectivity index (χ0v) is 19.0. The van der Waals surface area contributed by atoms with Crippen molar-refractivity contribution in [3.63, 3.8) is 0 Å². The summed E-state index contributed by atoms with van der Waals surface area (Å²) < 4.78 is 25.0. The Bertz CT molecular complexity index is 823. The van der Waals surface area contributed by atoms with Crippen molar-refractivity contribution in [3.05, 3.63) is 57.3 Å². The van der Waals surface area contributed by atoms with E-state index in [-0.39, 0.29) is 12.4 Å². The van der Waals surface area contributed by atoms with Crippen LogP contribution >= 0.6 is 23.2 Å². The lowest BCUT2D eigenvalue weighted by atomic mass is 9.96. The largest absolute Gasteiger partial charge is 0.490 e. The third-order valence-corrected chi connectivity index (χ3v) is 6.20. The third-order valence-electron chi connectivity index (χ3n) is 5.50. The van der Waals surface area contributed by atoms with E-state index in [0.717, 1.165) is 5.56 Å². The molecule has 0 aliphatic heterocycles. The molecule has 1 N–H and O–H groups in total. The monoisotopic (exact) mass is 453 g/mol. The Balaban J connectivity index is 1.68. The third kappa shape index (κ3) is 6.76. The van der Waals surface area contributed by atoms with Crippen LogP contribution in [-0.2, 0) is 13.2 Å². The van der Waals surface area contributed by atoms with Crippen molar-refractivity contribution in [1.82, 2.24) is 5.32 Å². The summed E-state index contributed by atoms with van der Waals surface area (Å²) in [6.07, 6.45) is 9.03. The van der Waals surface area contributed by atoms with Crippen LogP contribution in [0.3, 0.4) is 0 Å². The van der Waals surface area contributed by atoms with Crippen molar-refractivity contribution in [2.24, 2.45) is 0 Å². The van der Waals surface area contributed by atoms with E-state index in [1.54, 1.807) is 12.1 Å². The number of hydrogen-bond acceptors (Lipinski definition) is 3. The van der Waals surface area contributed by atoms with Crippen molar-refractivity contribution in [2.75, 3.05) is 6.61 Å². The van der Waals surface area contributed by atoms with Gasteiger partial charge in [-0.15, -0.1) is 0 Å². The van der Waals surface area contributed by atoms with Gasteiger partial charge in [0.2, 0.25) is 0 Å². The van der Waals surface area contributed by atoms with Crippen LogP contribution in [0.1, 0.15) is 63.0 Å². The van der Waals surface area contributed by atoms with Crippen LogP contribution in [-0.4, -0.2) is 12.6 Å². The van der Waals surface area contributed by atoms with E-state index in [1.807, 2.05) is 13.0 Å². The number of ether oxygens (including phenoxy) is 2. The lowest BCUT2D eigenvalue weighted by Crippen LogP contribution is -2.29. The fraction of sp³-hybridized carbons (Fsp3) is 0.500. The Morgan fingerprint density at radius 1 is 0.900 bits per heavy atom. The van der Waals surface area contributed by atoms with Gasteiger partial charge >= 0.3 is 0 Å². The summed E-state index contributed by atoms with van der Waals surface area (Å²) in [7, 11) is 0. The maximum Gasteiger partial charge on any atom is 0.163 e. The van der Waals surface area contributed by atoms with Crippen molar-refractivity contribution < 1.29 is 13.9 Å². The number of hydrogen-bond donors (Lipinski definition) is 1. The highest BCUT2D eigenvalue weighted by atomic mass is 35.5. The molecular formula is C24H30Cl2FNO2. The van der Waals surface area contributed by atoms with E-state index in [4.69, 9.17) is 32.7 Å². The zero-order valence-electron chi connectivity index (χ0n) is 17.5. The fourth-order valence-corrected chi connectivity index (χ4v) is 4.24. The van der Waals surface area contributed by atoms with E-state index in [1.165, 1.54) is 57.1 Å². The molecule has 0 radical (unpaired) electrons. The minimum absolute atomic E-state index is 0.204. The molecule has 0 amide bonds. The molecule has 0 aromatic heterocycles. The quantitative estimate of drug-likeness (QED) is 0.454. The molecule has 6 heteroatoms. The van der Waals surface area contributed by atoms with Crippen LogP contribution in [0.4, 0.5) is 4.39 Å². The standard InChI is InChI=1S/C24H30Cl2FNO2/c1-2-29-23-12-18(15-28-20-8-6-4-3-5-7-9-20)22(26)14-24(23)30-16-17-10-11-19(27)13-21(17)25/h10-14,20,28H,2-9,15-16H2,1H3. The molecule has 0 saturated heterocycles. The molecule has 3 nitrogen and oxygen atoms in total. The first-order chi connectivity index (χ1) is 14.6. The molecule has 1 fully saturated rings. The van der Waals surface area contributed by atoms with Gasteiger partial charge in [0.25, 0.3) is 0 Å². The van der Waals surface area contributed by atoms with Gasteiger partial charge in [0.15, 0.2) is 11.5 Å². The maximum atomic E-state index is 13.3. The van der Waals surface area contributed by atoms with E-state index >= 15 is 0 Å². The molecule has 0 spiro atoms. The second-order valence-electron chi connectivity index (χ2n) is 7.77. The average Bonchev–Trinajstić information content (AvgIpc) is 2.69. The predicted molar refractivity (Wildman–Crippen MR) is 121 cm³/mol. The molecule has 0 heterocycles. The molecule has 30 heavy (non-hydrogen) atoms. The van der Waals surface area contributed by atoms with Gasteiger partial charge in [0.1, 0.15) is 12.4 Å². The molecule has 3 rings (SSSR count). The summed E-state index contributed by atoms with van der Waals surface area (Å²) in [4.78, 5) is 0. The predicted octanol–water partition coefficient (Wildman–Crippen LogP) is 7.31. The number of benzene rings is 2. The van der Waals surface area contributed by atoms with E-state index in [2.05, 4.69) is 5.32 Å². The Hall–Kier alpha value is -1.49. The van der Waals surface area contributed by atoms with Crippen LogP contribution in [0.2, 0.25) is 10.0 Å². The van der Waals surface area contributed by atoms with Gasteiger partial charge in [-0.1, -0.05) is 61.4 Å². The summed E-state index contributed by atoms with van der Waals surface area (Å²) in [5, 5.41) is 4.64. The topological polar surface area (TPSA) is 30.5 Å². The van der Waals surface area contributed by atoms with E-state index in [0.29, 0.717) is 46.3 Å². The van der Waals surface area contributed by atoms with Crippen LogP contribution < -0.4 is 14.8 Å². The van der Waals surface area contributed by atoms with Gasteiger partial charge in [-0.2, -0.15) is 0 Å². The number of rotatable bonds is 8. The molecule has 1 aliphatic rings. The highest BCUT2D eigenvalue weighted by Crippen LogP contribution is 2.35. The summed E-state index contributed by atoms with van der Waals surface area (Å²) in [6, 6.07) is 8.54. The molecule has 1 saturated carbocycles. The molecule has 2 aromatic carbocycles. The second kappa shape index (κ2) is 11.8. The molecular weight excluding hydrogens is 424 g/mol. The lowest BCUT2D eigenvalue weighted by molar-refractivity contribution is 0.269. The van der Waals surface area contributed by atoms with Crippen LogP contribution in [0.5, 0.6) is 11.5 Å². The Labute approximate surface area is 188 Å². The Morgan fingerprint density at radius 2 is 1.57 bits per heavy atom. The van der Waals surface area contributed by atoms with Gasteiger partial charge in [0, 0.05) is 29.2 Å².